The molecule has 0 spiro atoms. The zero-order valence-corrected chi connectivity index (χ0v) is 19.8. The Balaban J connectivity index is 1.21. The summed E-state index contributed by atoms with van der Waals surface area (Å²) in [5, 5.41) is 7.16. The Kier molecular flexibility index (Phi) is 4.99. The third kappa shape index (κ3) is 3.73. The summed E-state index contributed by atoms with van der Waals surface area (Å²) in [7, 11) is 0. The quantitative estimate of drug-likeness (QED) is 0.392. The summed E-state index contributed by atoms with van der Waals surface area (Å²) in [6, 6.07) is 8.75. The summed E-state index contributed by atoms with van der Waals surface area (Å²) in [6.45, 7) is 4.12. The Morgan fingerprint density at radius 2 is 2.05 bits per heavy atom. The van der Waals surface area contributed by atoms with Crippen LogP contribution in [0.1, 0.15) is 5.56 Å². The first-order valence-electron chi connectivity index (χ1n) is 11.8. The molecule has 5 aromatic rings. The molecule has 0 aliphatic carbocycles. The smallest absolute Gasteiger partial charge is 0.172 e. The van der Waals surface area contributed by atoms with Crippen LogP contribution in [0.2, 0.25) is 0 Å². The number of nitrogens with zero attached hydrogens (tertiary/aromatic N) is 7. The van der Waals surface area contributed by atoms with Crippen LogP contribution in [0.25, 0.3) is 16.7 Å². The van der Waals surface area contributed by atoms with Gasteiger partial charge in [0.05, 0.1) is 30.5 Å². The van der Waals surface area contributed by atoms with Crippen molar-refractivity contribution in [1.29, 1.82) is 0 Å². The van der Waals surface area contributed by atoms with Crippen LogP contribution in [-0.4, -0.2) is 62.0 Å². The normalized spacial score (nSPS) is 16.8. The Hall–Kier alpha value is -4.58. The molecule has 0 radical (unpaired) electrons. The van der Waals surface area contributed by atoms with Gasteiger partial charge in [-0.1, -0.05) is 0 Å². The minimum Gasteiger partial charge on any atom is -0.487 e. The molecule has 1 fully saturated rings. The predicted octanol–water partition coefficient (Wildman–Crippen LogP) is 3.65. The molecule has 186 valence electrons. The van der Waals surface area contributed by atoms with E-state index in [-0.39, 0.29) is 11.7 Å². The molecule has 1 unspecified atom stereocenters. The molecule has 11 nitrogen and oxygen atoms in total. The maximum Gasteiger partial charge on any atom is 0.172 e. The van der Waals surface area contributed by atoms with Gasteiger partial charge in [0.1, 0.15) is 36.3 Å². The summed E-state index contributed by atoms with van der Waals surface area (Å²) in [5.74, 6) is 2.25. The molecule has 1 atom stereocenters. The van der Waals surface area contributed by atoms with Gasteiger partial charge in [-0.25, -0.2) is 28.8 Å². The number of halogens is 1. The number of morpholine rings is 1. The zero-order valence-electron chi connectivity index (χ0n) is 19.8. The minimum atomic E-state index is -0.456. The standard InChI is InChI=1S/C25H21FN8O3/c1-14-19(37-16-4-5-34-21(8-16)28-13-30-34)3-2-17(22(14)26)31-24-23-18(27-12-29-24)9-20-25(32-23)33-6-7-35-10-15(33)11-36-20/h2-5,8-9,12-13,15H,6-7,10-11H2,1H3,(H,27,29,31). The first kappa shape index (κ1) is 21.7. The van der Waals surface area contributed by atoms with Crippen LogP contribution < -0.4 is 19.7 Å². The van der Waals surface area contributed by atoms with Crippen LogP contribution in [0.3, 0.4) is 0 Å². The first-order valence-corrected chi connectivity index (χ1v) is 11.8. The topological polar surface area (TPSA) is 112 Å². The van der Waals surface area contributed by atoms with Gasteiger partial charge in [-0.05, 0) is 25.1 Å². The molecule has 6 heterocycles. The second-order valence-corrected chi connectivity index (χ2v) is 8.84. The molecule has 37 heavy (non-hydrogen) atoms. The van der Waals surface area contributed by atoms with Crippen molar-refractivity contribution in [2.24, 2.45) is 0 Å². The molecule has 0 bridgehead atoms. The van der Waals surface area contributed by atoms with Crippen LogP contribution in [-0.2, 0) is 4.74 Å². The lowest BCUT2D eigenvalue weighted by Gasteiger charge is -2.40. The van der Waals surface area contributed by atoms with Crippen molar-refractivity contribution >= 4 is 34.0 Å². The molecule has 4 aromatic heterocycles. The maximum atomic E-state index is 15.5. The zero-order chi connectivity index (χ0) is 24.9. The lowest BCUT2D eigenvalue weighted by atomic mass is 10.1. The fourth-order valence-corrected chi connectivity index (χ4v) is 4.61. The molecule has 0 saturated carbocycles. The van der Waals surface area contributed by atoms with Gasteiger partial charge < -0.3 is 24.4 Å². The molecular formula is C25H21FN8O3. The van der Waals surface area contributed by atoms with Gasteiger partial charge in [0.2, 0.25) is 0 Å². The molecule has 2 aliphatic heterocycles. The number of fused-ring (bicyclic) bond motifs is 5. The van der Waals surface area contributed by atoms with Crippen molar-refractivity contribution in [3.05, 3.63) is 60.6 Å². The summed E-state index contributed by atoms with van der Waals surface area (Å²) >= 11 is 0. The van der Waals surface area contributed by atoms with Gasteiger partial charge in [-0.3, -0.25) is 0 Å². The second kappa shape index (κ2) is 8.52. The van der Waals surface area contributed by atoms with Crippen LogP contribution in [0.15, 0.2) is 49.2 Å². The Morgan fingerprint density at radius 3 is 3.00 bits per heavy atom. The SMILES string of the molecule is Cc1c(Oc2ccn3ncnc3c2)ccc(Nc2ncnc3cc4c(nc23)N2CCOCC2CO4)c1F. The van der Waals surface area contributed by atoms with E-state index < -0.39 is 5.82 Å². The summed E-state index contributed by atoms with van der Waals surface area (Å²) in [6.07, 6.45) is 4.61. The number of anilines is 3. The van der Waals surface area contributed by atoms with E-state index in [4.69, 9.17) is 19.2 Å². The van der Waals surface area contributed by atoms with E-state index in [1.165, 1.54) is 12.7 Å². The van der Waals surface area contributed by atoms with Gasteiger partial charge in [0.15, 0.2) is 28.8 Å². The lowest BCUT2D eigenvalue weighted by molar-refractivity contribution is 0.0698. The Bertz CT molecular complexity index is 1660. The predicted molar refractivity (Wildman–Crippen MR) is 132 cm³/mol. The van der Waals surface area contributed by atoms with Gasteiger partial charge in [-0.2, -0.15) is 5.10 Å². The maximum absolute atomic E-state index is 15.5. The fraction of sp³-hybridized carbons (Fsp3) is 0.240. The van der Waals surface area contributed by atoms with E-state index in [1.807, 2.05) is 6.07 Å². The van der Waals surface area contributed by atoms with Crippen molar-refractivity contribution in [2.75, 3.05) is 36.6 Å². The average Bonchev–Trinajstić information content (AvgIpc) is 3.40. The third-order valence-electron chi connectivity index (χ3n) is 6.56. The van der Waals surface area contributed by atoms with Crippen molar-refractivity contribution in [3.8, 4) is 17.2 Å². The van der Waals surface area contributed by atoms with Gasteiger partial charge in [0, 0.05) is 30.4 Å². The highest BCUT2D eigenvalue weighted by molar-refractivity contribution is 5.90. The van der Waals surface area contributed by atoms with Gasteiger partial charge >= 0.3 is 0 Å². The molecular weight excluding hydrogens is 479 g/mol. The number of ether oxygens (including phenoxy) is 3. The average molecular weight is 500 g/mol. The number of benzene rings is 1. The van der Waals surface area contributed by atoms with Crippen LogP contribution in [0, 0.1) is 12.7 Å². The summed E-state index contributed by atoms with van der Waals surface area (Å²) in [4.78, 5) is 19.9. The lowest BCUT2D eigenvalue weighted by Crippen LogP contribution is -2.51. The van der Waals surface area contributed by atoms with E-state index >= 15 is 4.39 Å². The van der Waals surface area contributed by atoms with E-state index in [9.17, 15) is 0 Å². The molecule has 0 amide bonds. The number of hydrogen-bond acceptors (Lipinski definition) is 10. The monoisotopic (exact) mass is 500 g/mol. The minimum absolute atomic E-state index is 0.102. The van der Waals surface area contributed by atoms with E-state index in [0.29, 0.717) is 65.1 Å². The van der Waals surface area contributed by atoms with Crippen molar-refractivity contribution in [3.63, 3.8) is 0 Å². The number of pyridine rings is 2. The van der Waals surface area contributed by atoms with E-state index in [2.05, 4.69) is 30.3 Å². The van der Waals surface area contributed by atoms with E-state index in [0.717, 1.165) is 12.4 Å². The largest absolute Gasteiger partial charge is 0.487 e. The summed E-state index contributed by atoms with van der Waals surface area (Å²) < 4.78 is 34.5. The van der Waals surface area contributed by atoms with Crippen LogP contribution >= 0.6 is 0 Å². The molecule has 12 heteroatoms. The number of aromatic nitrogens is 6. The Labute approximate surface area is 209 Å². The summed E-state index contributed by atoms with van der Waals surface area (Å²) in [5.41, 5.74) is 2.35. The molecule has 2 aliphatic rings. The van der Waals surface area contributed by atoms with Crippen molar-refractivity contribution in [1.82, 2.24) is 29.5 Å². The number of hydrogen-bond donors (Lipinski definition) is 1. The number of rotatable bonds is 4. The molecule has 1 saturated heterocycles. The molecule has 1 N–H and O–H groups in total. The third-order valence-corrected chi connectivity index (χ3v) is 6.56. The Morgan fingerprint density at radius 1 is 1.11 bits per heavy atom. The van der Waals surface area contributed by atoms with Gasteiger partial charge in [0.25, 0.3) is 0 Å². The van der Waals surface area contributed by atoms with Crippen molar-refractivity contribution in [2.45, 2.75) is 13.0 Å². The fourth-order valence-electron chi connectivity index (χ4n) is 4.61. The van der Waals surface area contributed by atoms with E-state index in [1.54, 1.807) is 41.9 Å². The van der Waals surface area contributed by atoms with Crippen molar-refractivity contribution < 1.29 is 18.6 Å². The highest BCUT2D eigenvalue weighted by Gasteiger charge is 2.32. The second-order valence-electron chi connectivity index (χ2n) is 8.84. The first-order chi connectivity index (χ1) is 18.1. The molecule has 7 rings (SSSR count). The highest BCUT2D eigenvalue weighted by Crippen LogP contribution is 2.38. The van der Waals surface area contributed by atoms with Gasteiger partial charge in [-0.15, -0.1) is 0 Å². The highest BCUT2D eigenvalue weighted by atomic mass is 19.1. The number of nitrogens with one attached hydrogen (secondary N) is 1. The van der Waals surface area contributed by atoms with Crippen LogP contribution in [0.4, 0.5) is 21.7 Å². The molecule has 1 aromatic carbocycles. The van der Waals surface area contributed by atoms with Crippen LogP contribution in [0.5, 0.6) is 17.2 Å².